The maximum atomic E-state index is 4.51. The molecule has 0 aliphatic carbocycles. The van der Waals surface area contributed by atoms with E-state index in [0.29, 0.717) is 6.04 Å². The summed E-state index contributed by atoms with van der Waals surface area (Å²) in [6.07, 6.45) is 3.00. The predicted molar refractivity (Wildman–Crippen MR) is 66.0 cm³/mol. The summed E-state index contributed by atoms with van der Waals surface area (Å²) >= 11 is 0. The summed E-state index contributed by atoms with van der Waals surface area (Å²) in [6, 6.07) is 0.456. The van der Waals surface area contributed by atoms with Gasteiger partial charge in [-0.05, 0) is 19.9 Å². The Morgan fingerprint density at radius 3 is 2.94 bits per heavy atom. The van der Waals surface area contributed by atoms with Crippen molar-refractivity contribution in [3.63, 3.8) is 0 Å². The first-order chi connectivity index (χ1) is 7.66. The number of nitrogens with one attached hydrogen (secondary N) is 2. The Bertz CT molecular complexity index is 357. The molecule has 2 rings (SSSR count). The highest BCUT2D eigenvalue weighted by Crippen LogP contribution is 2.16. The smallest absolute Gasteiger partial charge is 0.224 e. The van der Waals surface area contributed by atoms with Crippen molar-refractivity contribution in [2.24, 2.45) is 0 Å². The number of nitrogens with zero attached hydrogens (tertiary/aromatic N) is 3. The summed E-state index contributed by atoms with van der Waals surface area (Å²) < 4.78 is 0. The molecule has 2 N–H and O–H groups in total. The Morgan fingerprint density at radius 1 is 1.50 bits per heavy atom. The van der Waals surface area contributed by atoms with Crippen LogP contribution in [0.5, 0.6) is 0 Å². The fraction of sp³-hybridized carbons (Fsp3) is 0.636. The standard InChI is InChI=1S/C11H19N5/c1-8-6-13-11(15-10(8)16(2)3)14-9-4-5-12-7-9/h6,9,12H,4-5,7H2,1-3H3,(H,13,14,15)/t9-/m1/s1. The SMILES string of the molecule is Cc1cnc(N[C@@H]2CCNC2)nc1N(C)C. The van der Waals surface area contributed by atoms with Crippen molar-refractivity contribution in [2.45, 2.75) is 19.4 Å². The van der Waals surface area contributed by atoms with E-state index in [1.54, 1.807) is 0 Å². The minimum atomic E-state index is 0.456. The van der Waals surface area contributed by atoms with Crippen LogP contribution in [0.3, 0.4) is 0 Å². The van der Waals surface area contributed by atoms with Crippen LogP contribution < -0.4 is 15.5 Å². The van der Waals surface area contributed by atoms with E-state index in [9.17, 15) is 0 Å². The fourth-order valence-corrected chi connectivity index (χ4v) is 1.92. The zero-order valence-corrected chi connectivity index (χ0v) is 10.1. The second kappa shape index (κ2) is 4.65. The van der Waals surface area contributed by atoms with Gasteiger partial charge < -0.3 is 15.5 Å². The minimum absolute atomic E-state index is 0.456. The van der Waals surface area contributed by atoms with Crippen LogP contribution in [0.4, 0.5) is 11.8 Å². The van der Waals surface area contributed by atoms with Gasteiger partial charge in [-0.3, -0.25) is 0 Å². The van der Waals surface area contributed by atoms with Crippen molar-refractivity contribution < 1.29 is 0 Å². The van der Waals surface area contributed by atoms with Crippen LogP contribution in [0.1, 0.15) is 12.0 Å². The van der Waals surface area contributed by atoms with Gasteiger partial charge in [0, 0.05) is 38.4 Å². The van der Waals surface area contributed by atoms with Gasteiger partial charge in [0.1, 0.15) is 5.82 Å². The van der Waals surface area contributed by atoms with Crippen molar-refractivity contribution in [3.8, 4) is 0 Å². The van der Waals surface area contributed by atoms with Gasteiger partial charge in [0.15, 0.2) is 0 Å². The first-order valence-electron chi connectivity index (χ1n) is 5.65. The van der Waals surface area contributed by atoms with Gasteiger partial charge in [-0.2, -0.15) is 4.98 Å². The fourth-order valence-electron chi connectivity index (χ4n) is 1.92. The van der Waals surface area contributed by atoms with Gasteiger partial charge in [0.2, 0.25) is 5.95 Å². The lowest BCUT2D eigenvalue weighted by molar-refractivity contribution is 0.779. The third kappa shape index (κ3) is 2.41. The number of hydrogen-bond acceptors (Lipinski definition) is 5. The highest BCUT2D eigenvalue weighted by molar-refractivity contribution is 5.47. The zero-order valence-electron chi connectivity index (χ0n) is 10.1. The molecule has 5 heteroatoms. The quantitative estimate of drug-likeness (QED) is 0.784. The largest absolute Gasteiger partial charge is 0.362 e. The van der Waals surface area contributed by atoms with Crippen molar-refractivity contribution in [1.82, 2.24) is 15.3 Å². The van der Waals surface area contributed by atoms with Gasteiger partial charge in [-0.25, -0.2) is 4.98 Å². The summed E-state index contributed by atoms with van der Waals surface area (Å²) in [5.74, 6) is 1.70. The average Bonchev–Trinajstić information content (AvgIpc) is 2.73. The Kier molecular flexibility index (Phi) is 3.24. The molecule has 88 valence electrons. The topological polar surface area (TPSA) is 53.1 Å². The summed E-state index contributed by atoms with van der Waals surface area (Å²) in [5.41, 5.74) is 1.10. The van der Waals surface area contributed by atoms with Crippen LogP contribution >= 0.6 is 0 Å². The van der Waals surface area contributed by atoms with Crippen LogP contribution in [-0.4, -0.2) is 43.2 Å². The molecule has 1 atom stereocenters. The highest BCUT2D eigenvalue weighted by Gasteiger charge is 2.15. The van der Waals surface area contributed by atoms with E-state index < -0.39 is 0 Å². The van der Waals surface area contributed by atoms with Crippen LogP contribution in [0.15, 0.2) is 6.20 Å². The number of aromatic nitrogens is 2. The lowest BCUT2D eigenvalue weighted by Crippen LogP contribution is -2.24. The summed E-state index contributed by atoms with van der Waals surface area (Å²) in [4.78, 5) is 10.8. The molecule has 2 heterocycles. The second-order valence-electron chi connectivity index (χ2n) is 4.43. The molecule has 0 unspecified atom stereocenters. The Morgan fingerprint density at radius 2 is 2.31 bits per heavy atom. The van der Waals surface area contributed by atoms with Crippen LogP contribution in [0, 0.1) is 6.92 Å². The van der Waals surface area contributed by atoms with Crippen LogP contribution in [0.25, 0.3) is 0 Å². The molecular weight excluding hydrogens is 202 g/mol. The average molecular weight is 221 g/mol. The lowest BCUT2D eigenvalue weighted by atomic mass is 10.3. The number of aryl methyl sites for hydroxylation is 1. The molecule has 1 aromatic heterocycles. The van der Waals surface area contributed by atoms with Gasteiger partial charge >= 0.3 is 0 Å². The molecule has 1 aromatic rings. The molecule has 1 aliphatic rings. The van der Waals surface area contributed by atoms with Crippen molar-refractivity contribution in [3.05, 3.63) is 11.8 Å². The Hall–Kier alpha value is -1.36. The number of hydrogen-bond donors (Lipinski definition) is 2. The van der Waals surface area contributed by atoms with E-state index in [4.69, 9.17) is 0 Å². The lowest BCUT2D eigenvalue weighted by Gasteiger charge is -2.17. The molecule has 1 saturated heterocycles. The molecule has 0 bridgehead atoms. The van der Waals surface area contributed by atoms with Crippen LogP contribution in [-0.2, 0) is 0 Å². The molecule has 5 nitrogen and oxygen atoms in total. The Balaban J connectivity index is 2.12. The zero-order chi connectivity index (χ0) is 11.5. The summed E-state index contributed by atoms with van der Waals surface area (Å²) in [6.45, 7) is 4.09. The monoisotopic (exact) mass is 221 g/mol. The summed E-state index contributed by atoms with van der Waals surface area (Å²) in [7, 11) is 3.99. The first-order valence-corrected chi connectivity index (χ1v) is 5.65. The van der Waals surface area contributed by atoms with E-state index in [1.165, 1.54) is 0 Å². The van der Waals surface area contributed by atoms with E-state index >= 15 is 0 Å². The molecule has 0 saturated carbocycles. The van der Waals surface area contributed by atoms with Gasteiger partial charge in [0.25, 0.3) is 0 Å². The normalized spacial score (nSPS) is 19.8. The van der Waals surface area contributed by atoms with Gasteiger partial charge in [-0.15, -0.1) is 0 Å². The third-order valence-electron chi connectivity index (χ3n) is 2.76. The summed E-state index contributed by atoms with van der Waals surface area (Å²) in [5, 5.41) is 6.66. The highest BCUT2D eigenvalue weighted by atomic mass is 15.2. The van der Waals surface area contributed by atoms with E-state index in [-0.39, 0.29) is 0 Å². The van der Waals surface area contributed by atoms with Crippen LogP contribution in [0.2, 0.25) is 0 Å². The van der Waals surface area contributed by atoms with Crippen molar-refractivity contribution in [1.29, 1.82) is 0 Å². The predicted octanol–water partition coefficient (Wildman–Crippen LogP) is 0.625. The van der Waals surface area contributed by atoms with E-state index in [2.05, 4.69) is 20.6 Å². The molecule has 0 spiro atoms. The molecule has 1 fully saturated rings. The third-order valence-corrected chi connectivity index (χ3v) is 2.76. The second-order valence-corrected chi connectivity index (χ2v) is 4.43. The van der Waals surface area contributed by atoms with E-state index in [1.807, 2.05) is 32.1 Å². The molecule has 1 aliphatic heterocycles. The first kappa shape index (κ1) is 11.1. The van der Waals surface area contributed by atoms with E-state index in [0.717, 1.165) is 36.8 Å². The van der Waals surface area contributed by atoms with Crippen molar-refractivity contribution in [2.75, 3.05) is 37.4 Å². The van der Waals surface area contributed by atoms with Gasteiger partial charge in [-0.1, -0.05) is 0 Å². The molecule has 16 heavy (non-hydrogen) atoms. The minimum Gasteiger partial charge on any atom is -0.362 e. The molecule has 0 aromatic carbocycles. The molecule has 0 amide bonds. The molecular formula is C11H19N5. The maximum Gasteiger partial charge on any atom is 0.224 e. The number of rotatable bonds is 3. The Labute approximate surface area is 96.3 Å². The molecule has 0 radical (unpaired) electrons. The van der Waals surface area contributed by atoms with Gasteiger partial charge in [0.05, 0.1) is 0 Å². The number of anilines is 2. The van der Waals surface area contributed by atoms with Crippen molar-refractivity contribution >= 4 is 11.8 Å². The maximum absolute atomic E-state index is 4.51.